The van der Waals surface area contributed by atoms with Gasteiger partial charge in [0.05, 0.1) is 6.54 Å². The van der Waals surface area contributed by atoms with Gasteiger partial charge in [-0.1, -0.05) is 11.8 Å². The van der Waals surface area contributed by atoms with E-state index in [4.69, 9.17) is 5.73 Å². The van der Waals surface area contributed by atoms with E-state index in [-0.39, 0.29) is 0 Å². The highest BCUT2D eigenvalue weighted by molar-refractivity contribution is 7.10. The van der Waals surface area contributed by atoms with Gasteiger partial charge in [0.2, 0.25) is 0 Å². The molecule has 3 rings (SSSR count). The Morgan fingerprint density at radius 3 is 2.74 bits per heavy atom. The third kappa shape index (κ3) is 3.37. The van der Waals surface area contributed by atoms with Crippen molar-refractivity contribution in [3.8, 4) is 11.8 Å². The lowest BCUT2D eigenvalue weighted by Crippen LogP contribution is -2.46. The molecule has 102 valence electrons. The van der Waals surface area contributed by atoms with Crippen LogP contribution in [0.2, 0.25) is 0 Å². The molecule has 2 fully saturated rings. The van der Waals surface area contributed by atoms with Crippen LogP contribution in [0.5, 0.6) is 0 Å². The Morgan fingerprint density at radius 1 is 1.26 bits per heavy atom. The minimum atomic E-state index is 0.440. The second-order valence-electron chi connectivity index (χ2n) is 5.31. The largest absolute Gasteiger partial charge is 0.320 e. The Bertz CT molecular complexity index is 473. The van der Waals surface area contributed by atoms with E-state index >= 15 is 0 Å². The van der Waals surface area contributed by atoms with E-state index in [2.05, 4.69) is 33.1 Å². The predicted molar refractivity (Wildman–Crippen MR) is 80.1 cm³/mol. The number of nitrogens with two attached hydrogens (primary N) is 1. The SMILES string of the molecule is NCC#Cc1ccsc1CN1CCN(C2CC2)CC1. The highest BCUT2D eigenvalue weighted by Crippen LogP contribution is 2.28. The van der Waals surface area contributed by atoms with E-state index in [9.17, 15) is 0 Å². The van der Waals surface area contributed by atoms with Crippen LogP contribution in [0, 0.1) is 11.8 Å². The van der Waals surface area contributed by atoms with Crippen LogP contribution >= 0.6 is 11.3 Å². The van der Waals surface area contributed by atoms with Crippen molar-refractivity contribution in [2.45, 2.75) is 25.4 Å². The maximum Gasteiger partial charge on any atom is 0.0555 e. The molecule has 1 aromatic heterocycles. The fourth-order valence-corrected chi connectivity index (χ4v) is 3.52. The molecular formula is C15H21N3S. The van der Waals surface area contributed by atoms with Gasteiger partial charge >= 0.3 is 0 Å². The van der Waals surface area contributed by atoms with Gasteiger partial charge in [-0.25, -0.2) is 0 Å². The molecule has 3 nitrogen and oxygen atoms in total. The maximum absolute atomic E-state index is 5.44. The summed E-state index contributed by atoms with van der Waals surface area (Å²) < 4.78 is 0. The summed E-state index contributed by atoms with van der Waals surface area (Å²) in [5.74, 6) is 6.13. The number of piperazine rings is 1. The van der Waals surface area contributed by atoms with Crippen LogP contribution in [0.3, 0.4) is 0 Å². The molecule has 1 aliphatic carbocycles. The summed E-state index contributed by atoms with van der Waals surface area (Å²) in [7, 11) is 0. The highest BCUT2D eigenvalue weighted by Gasteiger charge is 2.31. The molecule has 0 unspecified atom stereocenters. The van der Waals surface area contributed by atoms with Crippen LogP contribution in [-0.2, 0) is 6.54 Å². The Labute approximate surface area is 119 Å². The first kappa shape index (κ1) is 13.1. The van der Waals surface area contributed by atoms with Crippen molar-refractivity contribution in [1.82, 2.24) is 9.80 Å². The second-order valence-corrected chi connectivity index (χ2v) is 6.31. The molecule has 0 bridgehead atoms. The minimum absolute atomic E-state index is 0.440. The number of nitrogens with zero attached hydrogens (tertiary/aromatic N) is 2. The molecule has 1 saturated heterocycles. The van der Waals surface area contributed by atoms with Gasteiger partial charge in [0.1, 0.15) is 0 Å². The molecule has 2 heterocycles. The zero-order valence-corrected chi connectivity index (χ0v) is 12.1. The van der Waals surface area contributed by atoms with Crippen LogP contribution < -0.4 is 5.73 Å². The summed E-state index contributed by atoms with van der Waals surface area (Å²) in [5, 5.41) is 2.14. The number of hydrogen-bond donors (Lipinski definition) is 1. The van der Waals surface area contributed by atoms with Crippen LogP contribution in [0.15, 0.2) is 11.4 Å². The lowest BCUT2D eigenvalue weighted by atomic mass is 10.2. The number of hydrogen-bond acceptors (Lipinski definition) is 4. The molecule has 19 heavy (non-hydrogen) atoms. The summed E-state index contributed by atoms with van der Waals surface area (Å²) in [6.07, 6.45) is 2.84. The standard InChI is InChI=1S/C15H21N3S/c16-6-1-2-13-5-11-19-15(13)12-17-7-9-18(10-8-17)14-3-4-14/h5,11,14H,3-4,6-10,12,16H2. The van der Waals surface area contributed by atoms with Gasteiger partial charge in [-0.3, -0.25) is 9.80 Å². The monoisotopic (exact) mass is 275 g/mol. The van der Waals surface area contributed by atoms with Gasteiger partial charge in [0.25, 0.3) is 0 Å². The molecule has 0 radical (unpaired) electrons. The summed E-state index contributed by atoms with van der Waals surface area (Å²) in [4.78, 5) is 6.60. The van der Waals surface area contributed by atoms with E-state index in [1.54, 1.807) is 0 Å². The van der Waals surface area contributed by atoms with Gasteiger partial charge in [-0.05, 0) is 24.3 Å². The van der Waals surface area contributed by atoms with E-state index < -0.39 is 0 Å². The molecule has 2 aliphatic rings. The van der Waals surface area contributed by atoms with Crippen molar-refractivity contribution >= 4 is 11.3 Å². The fraction of sp³-hybridized carbons (Fsp3) is 0.600. The molecule has 1 aromatic rings. The Morgan fingerprint density at radius 2 is 2.05 bits per heavy atom. The maximum atomic E-state index is 5.44. The fourth-order valence-electron chi connectivity index (χ4n) is 2.65. The van der Waals surface area contributed by atoms with Crippen molar-refractivity contribution in [1.29, 1.82) is 0 Å². The minimum Gasteiger partial charge on any atom is -0.320 e. The van der Waals surface area contributed by atoms with Crippen molar-refractivity contribution in [3.05, 3.63) is 21.9 Å². The third-order valence-electron chi connectivity index (χ3n) is 3.91. The molecule has 1 saturated carbocycles. The van der Waals surface area contributed by atoms with Gasteiger partial charge in [-0.15, -0.1) is 11.3 Å². The Balaban J connectivity index is 1.55. The van der Waals surface area contributed by atoms with Gasteiger partial charge in [0, 0.05) is 49.2 Å². The third-order valence-corrected chi connectivity index (χ3v) is 4.81. The summed E-state index contributed by atoms with van der Waals surface area (Å²) in [5.41, 5.74) is 6.61. The molecule has 0 atom stereocenters. The smallest absolute Gasteiger partial charge is 0.0555 e. The lowest BCUT2D eigenvalue weighted by molar-refractivity contribution is 0.122. The van der Waals surface area contributed by atoms with Gasteiger partial charge in [-0.2, -0.15) is 0 Å². The predicted octanol–water partition coefficient (Wildman–Crippen LogP) is 1.34. The molecule has 0 aromatic carbocycles. The average molecular weight is 275 g/mol. The first-order valence-corrected chi connectivity index (χ1v) is 7.96. The topological polar surface area (TPSA) is 32.5 Å². The molecule has 0 amide bonds. The Hall–Kier alpha value is -0.860. The molecule has 4 heteroatoms. The van der Waals surface area contributed by atoms with Crippen LogP contribution in [0.25, 0.3) is 0 Å². The van der Waals surface area contributed by atoms with Crippen molar-refractivity contribution in [2.75, 3.05) is 32.7 Å². The molecule has 2 N–H and O–H groups in total. The molecule has 1 aliphatic heterocycles. The zero-order valence-electron chi connectivity index (χ0n) is 11.3. The molecular weight excluding hydrogens is 254 g/mol. The lowest BCUT2D eigenvalue weighted by Gasteiger charge is -2.34. The summed E-state index contributed by atoms with van der Waals surface area (Å²) >= 11 is 1.81. The van der Waals surface area contributed by atoms with Crippen LogP contribution in [0.1, 0.15) is 23.3 Å². The highest BCUT2D eigenvalue weighted by atomic mass is 32.1. The Kier molecular flexibility index (Phi) is 4.19. The van der Waals surface area contributed by atoms with Crippen LogP contribution in [-0.4, -0.2) is 48.6 Å². The van der Waals surface area contributed by atoms with E-state index in [0.717, 1.165) is 12.6 Å². The van der Waals surface area contributed by atoms with Crippen molar-refractivity contribution < 1.29 is 0 Å². The first-order chi connectivity index (χ1) is 9.36. The van der Waals surface area contributed by atoms with Crippen LogP contribution in [0.4, 0.5) is 0 Å². The second kappa shape index (κ2) is 6.06. The van der Waals surface area contributed by atoms with E-state index in [1.807, 2.05) is 11.3 Å². The molecule has 0 spiro atoms. The first-order valence-electron chi connectivity index (χ1n) is 7.08. The number of thiophene rings is 1. The normalized spacial score (nSPS) is 21.1. The summed E-state index contributed by atoms with van der Waals surface area (Å²) in [6, 6.07) is 3.03. The number of rotatable bonds is 3. The zero-order chi connectivity index (χ0) is 13.1. The van der Waals surface area contributed by atoms with Crippen molar-refractivity contribution in [3.63, 3.8) is 0 Å². The van der Waals surface area contributed by atoms with Gasteiger partial charge in [0.15, 0.2) is 0 Å². The quantitative estimate of drug-likeness (QED) is 0.845. The van der Waals surface area contributed by atoms with Crippen molar-refractivity contribution in [2.24, 2.45) is 5.73 Å². The summed E-state index contributed by atoms with van der Waals surface area (Å²) in [6.45, 7) is 6.34. The van der Waals surface area contributed by atoms with Gasteiger partial charge < -0.3 is 5.73 Å². The average Bonchev–Trinajstić information content (AvgIpc) is 3.19. The van der Waals surface area contributed by atoms with E-state index in [1.165, 1.54) is 49.5 Å². The van der Waals surface area contributed by atoms with E-state index in [0.29, 0.717) is 6.54 Å².